The lowest BCUT2D eigenvalue weighted by Crippen LogP contribution is -2.05. The van der Waals surface area contributed by atoms with Gasteiger partial charge in [-0.1, -0.05) is 28.1 Å². The number of aryl methyl sites for hydroxylation is 4. The molecule has 2 aromatic carbocycles. The predicted molar refractivity (Wildman–Crippen MR) is 83.0 cm³/mol. The largest absolute Gasteiger partial charge is 0.289 e. The number of carbonyl (C=O) groups excluding carboxylic acids is 1. The van der Waals surface area contributed by atoms with Crippen LogP contribution in [-0.2, 0) is 0 Å². The van der Waals surface area contributed by atoms with Crippen LogP contribution in [0.15, 0.2) is 34.8 Å². The van der Waals surface area contributed by atoms with Gasteiger partial charge in [0.15, 0.2) is 5.78 Å². The van der Waals surface area contributed by atoms with Crippen molar-refractivity contribution in [2.75, 3.05) is 0 Å². The molecule has 0 unspecified atom stereocenters. The van der Waals surface area contributed by atoms with Crippen molar-refractivity contribution in [3.8, 4) is 0 Å². The molecule has 2 aromatic rings. The summed E-state index contributed by atoms with van der Waals surface area (Å²) in [6.45, 7) is 8.06. The van der Waals surface area contributed by atoms with Crippen LogP contribution < -0.4 is 0 Å². The zero-order valence-electron chi connectivity index (χ0n) is 11.7. The maximum absolute atomic E-state index is 12.6. The molecular weight excluding hydrogens is 300 g/mol. The van der Waals surface area contributed by atoms with Crippen molar-refractivity contribution in [1.82, 2.24) is 0 Å². The molecule has 0 saturated heterocycles. The summed E-state index contributed by atoms with van der Waals surface area (Å²) < 4.78 is 1.04. The summed E-state index contributed by atoms with van der Waals surface area (Å²) >= 11 is 3.50. The van der Waals surface area contributed by atoms with Crippen LogP contribution in [0.1, 0.15) is 38.2 Å². The van der Waals surface area contributed by atoms with Crippen molar-refractivity contribution in [3.63, 3.8) is 0 Å². The number of hydrogen-bond donors (Lipinski definition) is 0. The molecule has 0 aliphatic heterocycles. The fourth-order valence-corrected chi connectivity index (χ4v) is 2.52. The van der Waals surface area contributed by atoms with E-state index >= 15 is 0 Å². The minimum absolute atomic E-state index is 0.0937. The second-order valence-electron chi connectivity index (χ2n) is 5.04. The van der Waals surface area contributed by atoms with Crippen LogP contribution in [0.2, 0.25) is 0 Å². The summed E-state index contributed by atoms with van der Waals surface area (Å²) in [4.78, 5) is 12.6. The molecule has 0 spiro atoms. The zero-order valence-corrected chi connectivity index (χ0v) is 13.3. The van der Waals surface area contributed by atoms with Crippen molar-refractivity contribution in [2.45, 2.75) is 27.7 Å². The number of benzene rings is 2. The summed E-state index contributed by atoms with van der Waals surface area (Å²) in [5.74, 6) is 0.0937. The third-order valence-electron chi connectivity index (χ3n) is 3.52. The van der Waals surface area contributed by atoms with E-state index in [1.54, 1.807) is 0 Å². The molecule has 98 valence electrons. The third-order valence-corrected chi connectivity index (χ3v) is 4.37. The van der Waals surface area contributed by atoms with Crippen LogP contribution in [0.5, 0.6) is 0 Å². The van der Waals surface area contributed by atoms with Gasteiger partial charge in [0.25, 0.3) is 0 Å². The SMILES string of the molecule is Cc1ccc(C(=O)c2cc(C)c(Br)cc2C)cc1C. The highest BCUT2D eigenvalue weighted by atomic mass is 79.9. The average Bonchev–Trinajstić information content (AvgIpc) is 2.36. The van der Waals surface area contributed by atoms with Gasteiger partial charge in [-0.2, -0.15) is 0 Å². The number of ketones is 1. The topological polar surface area (TPSA) is 17.1 Å². The first kappa shape index (κ1) is 14.0. The number of hydrogen-bond acceptors (Lipinski definition) is 1. The van der Waals surface area contributed by atoms with Crippen LogP contribution in [0.25, 0.3) is 0 Å². The van der Waals surface area contributed by atoms with Gasteiger partial charge < -0.3 is 0 Å². The number of rotatable bonds is 2. The fraction of sp³-hybridized carbons (Fsp3) is 0.235. The number of halogens is 1. The van der Waals surface area contributed by atoms with Crippen LogP contribution in [0, 0.1) is 27.7 Å². The van der Waals surface area contributed by atoms with Crippen molar-refractivity contribution in [1.29, 1.82) is 0 Å². The Morgan fingerprint density at radius 1 is 0.842 bits per heavy atom. The molecule has 0 aliphatic carbocycles. The monoisotopic (exact) mass is 316 g/mol. The Morgan fingerprint density at radius 2 is 1.53 bits per heavy atom. The summed E-state index contributed by atoms with van der Waals surface area (Å²) in [5.41, 5.74) is 5.98. The normalized spacial score (nSPS) is 10.6. The first-order valence-electron chi connectivity index (χ1n) is 6.29. The van der Waals surface area contributed by atoms with Gasteiger partial charge in [0, 0.05) is 15.6 Å². The van der Waals surface area contributed by atoms with Gasteiger partial charge in [-0.15, -0.1) is 0 Å². The van der Waals surface area contributed by atoms with Crippen LogP contribution >= 0.6 is 15.9 Å². The maximum Gasteiger partial charge on any atom is 0.193 e. The predicted octanol–water partition coefficient (Wildman–Crippen LogP) is 4.91. The Morgan fingerprint density at radius 3 is 2.16 bits per heavy atom. The second kappa shape index (κ2) is 5.30. The Hall–Kier alpha value is -1.41. The highest BCUT2D eigenvalue weighted by Gasteiger charge is 2.13. The molecule has 0 amide bonds. The Labute approximate surface area is 122 Å². The van der Waals surface area contributed by atoms with Gasteiger partial charge in [0.05, 0.1) is 0 Å². The lowest BCUT2D eigenvalue weighted by molar-refractivity contribution is 0.103. The molecular formula is C17H17BrO. The molecule has 2 rings (SSSR count). The molecule has 0 fully saturated rings. The smallest absolute Gasteiger partial charge is 0.193 e. The van der Waals surface area contributed by atoms with Crippen molar-refractivity contribution < 1.29 is 4.79 Å². The molecule has 0 N–H and O–H groups in total. The summed E-state index contributed by atoms with van der Waals surface area (Å²) in [6.07, 6.45) is 0. The van der Waals surface area contributed by atoms with E-state index in [1.807, 2.05) is 51.1 Å². The van der Waals surface area contributed by atoms with E-state index in [-0.39, 0.29) is 5.78 Å². The average molecular weight is 317 g/mol. The second-order valence-corrected chi connectivity index (χ2v) is 5.90. The van der Waals surface area contributed by atoms with E-state index in [0.717, 1.165) is 32.3 Å². The van der Waals surface area contributed by atoms with E-state index in [4.69, 9.17) is 0 Å². The van der Waals surface area contributed by atoms with Gasteiger partial charge in [-0.05, 0) is 68.1 Å². The first-order valence-corrected chi connectivity index (χ1v) is 7.08. The van der Waals surface area contributed by atoms with Gasteiger partial charge >= 0.3 is 0 Å². The van der Waals surface area contributed by atoms with Crippen LogP contribution in [0.3, 0.4) is 0 Å². The molecule has 0 heterocycles. The Kier molecular flexibility index (Phi) is 3.91. The molecule has 0 saturated carbocycles. The minimum Gasteiger partial charge on any atom is -0.289 e. The summed E-state index contributed by atoms with van der Waals surface area (Å²) in [6, 6.07) is 9.83. The Bertz CT molecular complexity index is 657. The van der Waals surface area contributed by atoms with Gasteiger partial charge in [-0.25, -0.2) is 0 Å². The molecule has 0 bridgehead atoms. The lowest BCUT2D eigenvalue weighted by atomic mass is 9.95. The highest BCUT2D eigenvalue weighted by molar-refractivity contribution is 9.10. The molecule has 0 radical (unpaired) electrons. The van der Waals surface area contributed by atoms with Crippen LogP contribution in [-0.4, -0.2) is 5.78 Å². The van der Waals surface area contributed by atoms with Crippen molar-refractivity contribution in [3.05, 3.63) is 68.2 Å². The van der Waals surface area contributed by atoms with E-state index in [1.165, 1.54) is 5.56 Å². The summed E-state index contributed by atoms with van der Waals surface area (Å²) in [7, 11) is 0. The zero-order chi connectivity index (χ0) is 14.2. The van der Waals surface area contributed by atoms with Gasteiger partial charge in [-0.3, -0.25) is 4.79 Å². The van der Waals surface area contributed by atoms with Gasteiger partial charge in [0.2, 0.25) is 0 Å². The van der Waals surface area contributed by atoms with E-state index in [2.05, 4.69) is 22.9 Å². The summed E-state index contributed by atoms with van der Waals surface area (Å²) in [5, 5.41) is 0. The molecule has 19 heavy (non-hydrogen) atoms. The van der Waals surface area contributed by atoms with Gasteiger partial charge in [0.1, 0.15) is 0 Å². The molecule has 2 heteroatoms. The quantitative estimate of drug-likeness (QED) is 0.719. The molecule has 0 atom stereocenters. The molecule has 0 aliphatic rings. The minimum atomic E-state index is 0.0937. The Balaban J connectivity index is 2.49. The number of carbonyl (C=O) groups is 1. The highest BCUT2D eigenvalue weighted by Crippen LogP contribution is 2.23. The van der Waals surface area contributed by atoms with Crippen molar-refractivity contribution >= 4 is 21.7 Å². The fourth-order valence-electron chi connectivity index (χ4n) is 2.06. The van der Waals surface area contributed by atoms with E-state index < -0.39 is 0 Å². The van der Waals surface area contributed by atoms with Crippen molar-refractivity contribution in [2.24, 2.45) is 0 Å². The lowest BCUT2D eigenvalue weighted by Gasteiger charge is -2.09. The molecule has 0 aromatic heterocycles. The standard InChI is InChI=1S/C17H17BrO/c1-10-5-6-14(7-11(10)2)17(19)15-8-13(4)16(18)9-12(15)3/h5-9H,1-4H3. The van der Waals surface area contributed by atoms with Crippen LogP contribution in [0.4, 0.5) is 0 Å². The first-order chi connectivity index (χ1) is 8.90. The maximum atomic E-state index is 12.6. The van der Waals surface area contributed by atoms with E-state index in [9.17, 15) is 4.79 Å². The molecule has 1 nitrogen and oxygen atoms in total. The van der Waals surface area contributed by atoms with E-state index in [0.29, 0.717) is 0 Å². The third kappa shape index (κ3) is 2.79.